The summed E-state index contributed by atoms with van der Waals surface area (Å²) >= 11 is 0. The molecule has 0 bridgehead atoms. The zero-order valence-electron chi connectivity index (χ0n) is 11.1. The lowest BCUT2D eigenvalue weighted by molar-refractivity contribution is -0.120. The molecule has 8 heteroatoms. The lowest BCUT2D eigenvalue weighted by Crippen LogP contribution is -2.47. The van der Waals surface area contributed by atoms with E-state index in [2.05, 4.69) is 5.32 Å². The molecule has 1 saturated heterocycles. The number of nitrogens with zero attached hydrogens (tertiary/aromatic N) is 1. The number of hydrogen-bond acceptors (Lipinski definition) is 4. The highest BCUT2D eigenvalue weighted by atomic mass is 32.2. The fourth-order valence-electron chi connectivity index (χ4n) is 2.78. The molecular formula is C13H14N2O5S. The van der Waals surface area contributed by atoms with E-state index in [1.54, 1.807) is 0 Å². The van der Waals surface area contributed by atoms with Gasteiger partial charge in [0.2, 0.25) is 15.9 Å². The molecule has 1 aromatic rings. The third-order valence-corrected chi connectivity index (χ3v) is 5.79. The van der Waals surface area contributed by atoms with Crippen molar-refractivity contribution < 1.29 is 23.1 Å². The Labute approximate surface area is 121 Å². The van der Waals surface area contributed by atoms with Gasteiger partial charge in [0.05, 0.1) is 11.3 Å². The summed E-state index contributed by atoms with van der Waals surface area (Å²) < 4.78 is 26.6. The number of sulfonamides is 1. The second-order valence-corrected chi connectivity index (χ2v) is 6.99. The van der Waals surface area contributed by atoms with Crippen LogP contribution >= 0.6 is 0 Å². The Hall–Kier alpha value is -1.93. The van der Waals surface area contributed by atoms with Gasteiger partial charge in [-0.3, -0.25) is 4.79 Å². The summed E-state index contributed by atoms with van der Waals surface area (Å²) in [5.74, 6) is -1.58. The van der Waals surface area contributed by atoms with Crippen molar-refractivity contribution in [2.45, 2.75) is 30.2 Å². The van der Waals surface area contributed by atoms with E-state index in [0.29, 0.717) is 19.4 Å². The van der Waals surface area contributed by atoms with Crippen LogP contribution in [-0.4, -0.2) is 42.3 Å². The summed E-state index contributed by atoms with van der Waals surface area (Å²) in [6.45, 7) is 0.306. The van der Waals surface area contributed by atoms with Crippen LogP contribution in [0, 0.1) is 0 Å². The van der Waals surface area contributed by atoms with E-state index < -0.39 is 27.9 Å². The average molecular weight is 310 g/mol. The van der Waals surface area contributed by atoms with Gasteiger partial charge in [0.15, 0.2) is 0 Å². The van der Waals surface area contributed by atoms with Crippen LogP contribution in [0.3, 0.4) is 0 Å². The van der Waals surface area contributed by atoms with Gasteiger partial charge in [-0.1, -0.05) is 6.42 Å². The second-order valence-electron chi connectivity index (χ2n) is 5.13. The van der Waals surface area contributed by atoms with Crippen molar-refractivity contribution in [3.05, 3.63) is 23.8 Å². The Morgan fingerprint density at radius 1 is 1.33 bits per heavy atom. The third kappa shape index (κ3) is 2.20. The first-order chi connectivity index (χ1) is 9.91. The molecule has 1 fully saturated rings. The minimum atomic E-state index is -3.80. The van der Waals surface area contributed by atoms with Crippen molar-refractivity contribution in [2.75, 3.05) is 11.9 Å². The van der Waals surface area contributed by atoms with Crippen LogP contribution in [0.4, 0.5) is 5.69 Å². The fraction of sp³-hybridized carbons (Fsp3) is 0.385. The quantitative estimate of drug-likeness (QED) is 0.801. The summed E-state index contributed by atoms with van der Waals surface area (Å²) in [5, 5.41) is 11.5. The number of fused-ring (bicyclic) bond motifs is 2. The summed E-state index contributed by atoms with van der Waals surface area (Å²) in [6.07, 6.45) is 1.98. The highest BCUT2D eigenvalue weighted by Gasteiger charge is 2.41. The normalized spacial score (nSPS) is 24.4. The smallest absolute Gasteiger partial charge is 0.335 e. The molecule has 21 heavy (non-hydrogen) atoms. The lowest BCUT2D eigenvalue weighted by Gasteiger charge is -2.31. The average Bonchev–Trinajstić information content (AvgIpc) is 2.54. The van der Waals surface area contributed by atoms with E-state index in [9.17, 15) is 18.0 Å². The number of amides is 1. The van der Waals surface area contributed by atoms with E-state index in [0.717, 1.165) is 6.42 Å². The van der Waals surface area contributed by atoms with E-state index >= 15 is 0 Å². The van der Waals surface area contributed by atoms with Crippen LogP contribution in [0.2, 0.25) is 0 Å². The van der Waals surface area contributed by atoms with Crippen LogP contribution < -0.4 is 5.32 Å². The van der Waals surface area contributed by atoms with Gasteiger partial charge in [0, 0.05) is 6.54 Å². The first-order valence-corrected chi connectivity index (χ1v) is 8.05. The van der Waals surface area contributed by atoms with E-state index in [4.69, 9.17) is 5.11 Å². The van der Waals surface area contributed by atoms with Crippen molar-refractivity contribution >= 4 is 27.6 Å². The number of anilines is 1. The number of carbonyl (C=O) groups is 2. The van der Waals surface area contributed by atoms with Crippen molar-refractivity contribution in [1.29, 1.82) is 0 Å². The van der Waals surface area contributed by atoms with Crippen molar-refractivity contribution in [3.8, 4) is 0 Å². The predicted molar refractivity (Wildman–Crippen MR) is 73.6 cm³/mol. The summed E-state index contributed by atoms with van der Waals surface area (Å²) in [4.78, 5) is 23.2. The third-order valence-electron chi connectivity index (χ3n) is 3.83. The predicted octanol–water partition coefficient (Wildman–Crippen LogP) is 0.880. The molecule has 0 aromatic heterocycles. The topological polar surface area (TPSA) is 104 Å². The first kappa shape index (κ1) is 14.0. The van der Waals surface area contributed by atoms with E-state index in [1.165, 1.54) is 22.5 Å². The number of piperidine rings is 1. The molecule has 3 rings (SSSR count). The number of carbonyl (C=O) groups excluding carboxylic acids is 1. The monoisotopic (exact) mass is 310 g/mol. The van der Waals surface area contributed by atoms with Crippen LogP contribution in [0.25, 0.3) is 0 Å². The molecule has 2 aliphatic rings. The van der Waals surface area contributed by atoms with Crippen molar-refractivity contribution in [1.82, 2.24) is 4.31 Å². The standard InChI is InChI=1S/C13H14N2O5S/c16-12-10-3-1-2-6-15(10)21(19,20)11-5-4-8(13(17)18)7-9(11)14-12/h4-5,7,10H,1-3,6H2,(H,14,16)(H,17,18). The molecule has 1 amide bonds. The number of carboxylic acid groups (broad SMARTS) is 1. The Bertz CT molecular complexity index is 728. The van der Waals surface area contributed by atoms with Crippen LogP contribution in [0.5, 0.6) is 0 Å². The molecule has 2 heterocycles. The number of hydrogen-bond donors (Lipinski definition) is 2. The SMILES string of the molecule is O=C(O)c1ccc2c(c1)NC(=O)C1CCCCN1S2(=O)=O. The molecule has 0 aliphatic carbocycles. The zero-order chi connectivity index (χ0) is 15.2. The largest absolute Gasteiger partial charge is 0.478 e. The van der Waals surface area contributed by atoms with E-state index in [1.807, 2.05) is 0 Å². The van der Waals surface area contributed by atoms with Crippen molar-refractivity contribution in [3.63, 3.8) is 0 Å². The number of nitrogens with one attached hydrogen (secondary N) is 1. The highest BCUT2D eigenvalue weighted by molar-refractivity contribution is 7.89. The van der Waals surface area contributed by atoms with Gasteiger partial charge in [0.25, 0.3) is 0 Å². The summed E-state index contributed by atoms with van der Waals surface area (Å²) in [5.41, 5.74) is -0.0292. The molecule has 1 unspecified atom stereocenters. The summed E-state index contributed by atoms with van der Waals surface area (Å²) in [7, 11) is -3.80. The zero-order valence-corrected chi connectivity index (χ0v) is 11.9. The van der Waals surface area contributed by atoms with Gasteiger partial charge in [-0.05, 0) is 31.0 Å². The molecule has 2 aliphatic heterocycles. The Balaban J connectivity index is 2.17. The molecule has 2 N–H and O–H groups in total. The molecule has 0 saturated carbocycles. The maximum atomic E-state index is 12.7. The maximum absolute atomic E-state index is 12.7. The lowest BCUT2D eigenvalue weighted by atomic mass is 10.0. The maximum Gasteiger partial charge on any atom is 0.335 e. The first-order valence-electron chi connectivity index (χ1n) is 6.61. The van der Waals surface area contributed by atoms with Crippen LogP contribution in [-0.2, 0) is 14.8 Å². The van der Waals surface area contributed by atoms with Crippen LogP contribution in [0.15, 0.2) is 23.1 Å². The minimum absolute atomic E-state index is 0.0364. The fourth-order valence-corrected chi connectivity index (χ4v) is 4.57. The van der Waals surface area contributed by atoms with Gasteiger partial charge in [-0.2, -0.15) is 4.31 Å². The Morgan fingerprint density at radius 3 is 2.81 bits per heavy atom. The van der Waals surface area contributed by atoms with Gasteiger partial charge in [0.1, 0.15) is 10.9 Å². The molecule has 1 aromatic carbocycles. The molecule has 1 atom stereocenters. The number of rotatable bonds is 1. The Morgan fingerprint density at radius 2 is 2.10 bits per heavy atom. The second kappa shape index (κ2) is 4.81. The molecular weight excluding hydrogens is 296 g/mol. The molecule has 112 valence electrons. The van der Waals surface area contributed by atoms with Crippen molar-refractivity contribution in [2.24, 2.45) is 0 Å². The molecule has 0 radical (unpaired) electrons. The number of aromatic carboxylic acids is 1. The highest BCUT2D eigenvalue weighted by Crippen LogP contribution is 2.34. The van der Waals surface area contributed by atoms with E-state index in [-0.39, 0.29) is 16.1 Å². The number of benzene rings is 1. The number of carboxylic acids is 1. The van der Waals surface area contributed by atoms with Gasteiger partial charge in [-0.15, -0.1) is 0 Å². The molecule has 0 spiro atoms. The van der Waals surface area contributed by atoms with Gasteiger partial charge >= 0.3 is 5.97 Å². The summed E-state index contributed by atoms with van der Waals surface area (Å²) in [6, 6.07) is 2.94. The van der Waals surface area contributed by atoms with Gasteiger partial charge in [-0.25, -0.2) is 13.2 Å². The van der Waals surface area contributed by atoms with Gasteiger partial charge < -0.3 is 10.4 Å². The molecule has 7 nitrogen and oxygen atoms in total. The Kier molecular flexibility index (Phi) is 3.22. The minimum Gasteiger partial charge on any atom is -0.478 e. The van der Waals surface area contributed by atoms with Crippen LogP contribution in [0.1, 0.15) is 29.6 Å².